The summed E-state index contributed by atoms with van der Waals surface area (Å²) in [6, 6.07) is 12.3. The second-order valence-corrected chi connectivity index (χ2v) is 6.69. The highest BCUT2D eigenvalue weighted by molar-refractivity contribution is 6.06. The van der Waals surface area contributed by atoms with Crippen molar-refractivity contribution in [2.45, 2.75) is 25.3 Å². The fraction of sp³-hybridized carbons (Fsp3) is 0.190. The number of imide groups is 1. The van der Waals surface area contributed by atoms with Crippen LogP contribution in [0.5, 0.6) is 5.75 Å². The monoisotopic (exact) mass is 382 g/mol. The Morgan fingerprint density at radius 3 is 2.57 bits per heavy atom. The summed E-state index contributed by atoms with van der Waals surface area (Å²) in [5, 5.41) is 4.85. The van der Waals surface area contributed by atoms with Crippen molar-refractivity contribution in [1.29, 1.82) is 0 Å². The zero-order valence-electron chi connectivity index (χ0n) is 15.2. The van der Waals surface area contributed by atoms with Crippen LogP contribution in [0.25, 0.3) is 6.08 Å². The Morgan fingerprint density at radius 1 is 1.18 bits per heavy atom. The van der Waals surface area contributed by atoms with Gasteiger partial charge in [0.15, 0.2) is 0 Å². The van der Waals surface area contributed by atoms with Crippen molar-refractivity contribution in [3.05, 3.63) is 71.6 Å². The molecule has 3 rings (SSSR count). The maximum Gasteiger partial charge on any atom is 0.336 e. The molecule has 0 spiro atoms. The van der Waals surface area contributed by atoms with Gasteiger partial charge < -0.3 is 10.1 Å². The third-order valence-electron chi connectivity index (χ3n) is 4.43. The number of hydrogen-bond acceptors (Lipinski definition) is 4. The zero-order valence-corrected chi connectivity index (χ0v) is 15.2. The van der Waals surface area contributed by atoms with Crippen molar-refractivity contribution in [2.75, 3.05) is 0 Å². The van der Waals surface area contributed by atoms with Gasteiger partial charge in [-0.25, -0.2) is 14.0 Å². The highest BCUT2D eigenvalue weighted by Crippen LogP contribution is 2.20. The maximum atomic E-state index is 13.1. The first kappa shape index (κ1) is 19.3. The second kappa shape index (κ2) is 8.04. The molecule has 6 nitrogen and oxygen atoms in total. The van der Waals surface area contributed by atoms with E-state index in [4.69, 9.17) is 4.74 Å². The minimum absolute atomic E-state index is 0.340. The van der Waals surface area contributed by atoms with Crippen LogP contribution in [0.1, 0.15) is 24.5 Å². The van der Waals surface area contributed by atoms with Crippen LogP contribution in [-0.2, 0) is 16.0 Å². The molecule has 2 aromatic carbocycles. The van der Waals surface area contributed by atoms with Crippen molar-refractivity contribution >= 4 is 24.0 Å². The average Bonchev–Trinajstić information content (AvgIpc) is 2.91. The van der Waals surface area contributed by atoms with Crippen LogP contribution >= 0.6 is 0 Å². The van der Waals surface area contributed by atoms with Gasteiger partial charge in [0.1, 0.15) is 17.1 Å². The van der Waals surface area contributed by atoms with Gasteiger partial charge in [0.05, 0.1) is 0 Å². The number of urea groups is 1. The summed E-state index contributed by atoms with van der Waals surface area (Å²) in [6.07, 6.45) is 3.71. The molecule has 0 saturated carbocycles. The van der Waals surface area contributed by atoms with Gasteiger partial charge in [-0.05, 0) is 61.2 Å². The molecule has 1 heterocycles. The number of aryl methyl sites for hydroxylation is 1. The van der Waals surface area contributed by atoms with E-state index in [2.05, 4.69) is 10.6 Å². The molecule has 3 amide bonds. The summed E-state index contributed by atoms with van der Waals surface area (Å²) in [5.74, 6) is -0.923. The second-order valence-electron chi connectivity index (χ2n) is 6.69. The van der Waals surface area contributed by atoms with Crippen LogP contribution in [0.4, 0.5) is 9.18 Å². The van der Waals surface area contributed by atoms with Gasteiger partial charge in [0, 0.05) is 6.08 Å². The summed E-state index contributed by atoms with van der Waals surface area (Å²) < 4.78 is 18.3. The minimum Gasteiger partial charge on any atom is -0.423 e. The Hall–Kier alpha value is -3.48. The molecule has 2 N–H and O–H groups in total. The first-order valence-electron chi connectivity index (χ1n) is 8.72. The van der Waals surface area contributed by atoms with Crippen molar-refractivity contribution in [1.82, 2.24) is 10.6 Å². The molecule has 0 unspecified atom stereocenters. The lowest BCUT2D eigenvalue weighted by Crippen LogP contribution is -2.43. The van der Waals surface area contributed by atoms with Crippen LogP contribution in [0.3, 0.4) is 0 Å². The molecule has 144 valence electrons. The SMILES string of the molecule is C[C@@]1(CCc2ccc(OC(=O)/C=C/c3cccc(F)c3)cc2)NC(=O)NC1=O. The lowest BCUT2D eigenvalue weighted by atomic mass is 9.93. The summed E-state index contributed by atoms with van der Waals surface area (Å²) in [5.41, 5.74) is 0.568. The highest BCUT2D eigenvalue weighted by atomic mass is 19.1. The van der Waals surface area contributed by atoms with E-state index in [-0.39, 0.29) is 11.7 Å². The van der Waals surface area contributed by atoms with E-state index < -0.39 is 17.5 Å². The molecule has 0 aromatic heterocycles. The topological polar surface area (TPSA) is 84.5 Å². The van der Waals surface area contributed by atoms with Crippen LogP contribution < -0.4 is 15.4 Å². The van der Waals surface area contributed by atoms with Gasteiger partial charge in [-0.2, -0.15) is 0 Å². The zero-order chi connectivity index (χ0) is 20.1. The normalized spacial score (nSPS) is 18.8. The average molecular weight is 382 g/mol. The molecule has 28 heavy (non-hydrogen) atoms. The van der Waals surface area contributed by atoms with E-state index in [1.165, 1.54) is 24.3 Å². The fourth-order valence-corrected chi connectivity index (χ4v) is 2.80. The molecule has 1 aliphatic heterocycles. The van der Waals surface area contributed by atoms with E-state index in [0.717, 1.165) is 5.56 Å². The summed E-state index contributed by atoms with van der Waals surface area (Å²) >= 11 is 0. The van der Waals surface area contributed by atoms with E-state index in [9.17, 15) is 18.8 Å². The number of rotatable bonds is 6. The summed E-state index contributed by atoms with van der Waals surface area (Å²) in [7, 11) is 0. The first-order chi connectivity index (χ1) is 13.3. The Bertz CT molecular complexity index is 940. The first-order valence-corrected chi connectivity index (χ1v) is 8.72. The Morgan fingerprint density at radius 2 is 1.93 bits per heavy atom. The predicted octanol–water partition coefficient (Wildman–Crippen LogP) is 2.98. The molecular weight excluding hydrogens is 363 g/mol. The number of benzene rings is 2. The number of hydrogen-bond donors (Lipinski definition) is 2. The number of carbonyl (C=O) groups is 3. The van der Waals surface area contributed by atoms with Crippen molar-refractivity contribution in [3.8, 4) is 5.75 Å². The number of esters is 1. The molecule has 1 aliphatic rings. The van der Waals surface area contributed by atoms with Crippen LogP contribution in [-0.4, -0.2) is 23.4 Å². The maximum absolute atomic E-state index is 13.1. The van der Waals surface area contributed by atoms with E-state index in [0.29, 0.717) is 24.2 Å². The van der Waals surface area contributed by atoms with Gasteiger partial charge >= 0.3 is 12.0 Å². The number of carbonyl (C=O) groups excluding carboxylic acids is 3. The van der Waals surface area contributed by atoms with Gasteiger partial charge in [0.2, 0.25) is 0 Å². The van der Waals surface area contributed by atoms with Gasteiger partial charge in [-0.3, -0.25) is 10.1 Å². The summed E-state index contributed by atoms with van der Waals surface area (Å²) in [6.45, 7) is 1.67. The lowest BCUT2D eigenvalue weighted by Gasteiger charge is -2.20. The van der Waals surface area contributed by atoms with Crippen LogP contribution in [0.15, 0.2) is 54.6 Å². The number of ether oxygens (including phenoxy) is 1. The Balaban J connectivity index is 1.53. The lowest BCUT2D eigenvalue weighted by molar-refractivity contribution is -0.129. The number of halogens is 1. The molecule has 1 fully saturated rings. The predicted molar refractivity (Wildman–Crippen MR) is 101 cm³/mol. The standard InChI is InChI=1S/C21H19FN2O4/c1-21(19(26)23-20(27)24-21)12-11-14-5-8-17(9-6-14)28-18(25)10-7-15-3-2-4-16(22)13-15/h2-10,13H,11-12H2,1H3,(H2,23,24,26,27)/b10-7+/t21-/m0/s1. The van der Waals surface area contributed by atoms with E-state index >= 15 is 0 Å². The molecule has 1 atom stereocenters. The third-order valence-corrected chi connectivity index (χ3v) is 4.43. The molecule has 0 radical (unpaired) electrons. The number of amides is 3. The highest BCUT2D eigenvalue weighted by Gasteiger charge is 2.41. The fourth-order valence-electron chi connectivity index (χ4n) is 2.80. The molecular formula is C21H19FN2O4. The summed E-state index contributed by atoms with van der Waals surface area (Å²) in [4.78, 5) is 35.0. The molecule has 2 aromatic rings. The minimum atomic E-state index is -0.927. The number of nitrogens with one attached hydrogen (secondary N) is 2. The van der Waals surface area contributed by atoms with Crippen LogP contribution in [0.2, 0.25) is 0 Å². The van der Waals surface area contributed by atoms with Gasteiger partial charge in [0.25, 0.3) is 5.91 Å². The van der Waals surface area contributed by atoms with Crippen molar-refractivity contribution in [3.63, 3.8) is 0 Å². The third kappa shape index (κ3) is 4.82. The van der Waals surface area contributed by atoms with Gasteiger partial charge in [-0.1, -0.05) is 24.3 Å². The van der Waals surface area contributed by atoms with Crippen molar-refractivity contribution < 1.29 is 23.5 Å². The van der Waals surface area contributed by atoms with Gasteiger partial charge in [-0.15, -0.1) is 0 Å². The quantitative estimate of drug-likeness (QED) is 0.348. The molecule has 7 heteroatoms. The smallest absolute Gasteiger partial charge is 0.336 e. The van der Waals surface area contributed by atoms with Crippen LogP contribution in [0, 0.1) is 5.82 Å². The largest absolute Gasteiger partial charge is 0.423 e. The Labute approximate surface area is 161 Å². The van der Waals surface area contributed by atoms with Crippen molar-refractivity contribution in [2.24, 2.45) is 0 Å². The van der Waals surface area contributed by atoms with E-state index in [1.807, 2.05) is 0 Å². The Kier molecular flexibility index (Phi) is 5.54. The molecule has 1 saturated heterocycles. The molecule has 0 aliphatic carbocycles. The van der Waals surface area contributed by atoms with E-state index in [1.54, 1.807) is 43.3 Å². The molecule has 0 bridgehead atoms.